The third kappa shape index (κ3) is 2.44. The average molecular weight is 264 g/mol. The Morgan fingerprint density at radius 2 is 2.32 bits per heavy atom. The van der Waals surface area contributed by atoms with Crippen molar-refractivity contribution in [3.8, 4) is 17.2 Å². The molecule has 0 radical (unpaired) electrons. The van der Waals surface area contributed by atoms with Crippen molar-refractivity contribution in [1.29, 1.82) is 0 Å². The SMILES string of the molecule is Oc1cccc(F)c1-c1nc(CC2CCCO2)no1. The van der Waals surface area contributed by atoms with Gasteiger partial charge in [-0.3, -0.25) is 0 Å². The van der Waals surface area contributed by atoms with Gasteiger partial charge in [0.15, 0.2) is 5.82 Å². The first-order chi connectivity index (χ1) is 9.24. The number of hydrogen-bond donors (Lipinski definition) is 1. The maximum Gasteiger partial charge on any atom is 0.264 e. The monoisotopic (exact) mass is 264 g/mol. The Labute approximate surface area is 109 Å². The van der Waals surface area contributed by atoms with Gasteiger partial charge < -0.3 is 14.4 Å². The number of benzene rings is 1. The van der Waals surface area contributed by atoms with E-state index in [0.717, 1.165) is 19.4 Å². The molecule has 1 N–H and O–H groups in total. The Balaban J connectivity index is 1.84. The number of ether oxygens (including phenoxy) is 1. The van der Waals surface area contributed by atoms with Crippen LogP contribution >= 0.6 is 0 Å². The zero-order chi connectivity index (χ0) is 13.2. The van der Waals surface area contributed by atoms with E-state index in [2.05, 4.69) is 10.1 Å². The minimum absolute atomic E-state index is 0.0106. The van der Waals surface area contributed by atoms with Crippen molar-refractivity contribution in [1.82, 2.24) is 10.1 Å². The normalized spacial score (nSPS) is 18.9. The summed E-state index contributed by atoms with van der Waals surface area (Å²) in [6.07, 6.45) is 2.64. The second-order valence-corrected chi connectivity index (χ2v) is 4.49. The van der Waals surface area contributed by atoms with Crippen molar-refractivity contribution in [2.24, 2.45) is 0 Å². The van der Waals surface area contributed by atoms with Gasteiger partial charge in [0.1, 0.15) is 17.1 Å². The fraction of sp³-hybridized carbons (Fsp3) is 0.385. The fourth-order valence-corrected chi connectivity index (χ4v) is 2.17. The third-order valence-electron chi connectivity index (χ3n) is 3.11. The number of aromatic nitrogens is 2. The van der Waals surface area contributed by atoms with Crippen LogP contribution in [0.1, 0.15) is 18.7 Å². The Bertz CT molecular complexity index is 559. The number of halogens is 1. The van der Waals surface area contributed by atoms with Gasteiger partial charge in [-0.1, -0.05) is 11.2 Å². The summed E-state index contributed by atoms with van der Waals surface area (Å²) in [5.41, 5.74) is -0.0615. The van der Waals surface area contributed by atoms with Crippen LogP contribution in [0, 0.1) is 5.82 Å². The highest BCUT2D eigenvalue weighted by Gasteiger charge is 2.21. The zero-order valence-electron chi connectivity index (χ0n) is 10.2. The molecule has 100 valence electrons. The molecule has 1 atom stereocenters. The summed E-state index contributed by atoms with van der Waals surface area (Å²) in [6, 6.07) is 4.03. The molecular weight excluding hydrogens is 251 g/mol. The highest BCUT2D eigenvalue weighted by Crippen LogP contribution is 2.30. The quantitative estimate of drug-likeness (QED) is 0.921. The molecule has 1 aromatic heterocycles. The van der Waals surface area contributed by atoms with Gasteiger partial charge in [-0.2, -0.15) is 4.98 Å². The molecule has 1 fully saturated rings. The lowest BCUT2D eigenvalue weighted by atomic mass is 10.1. The molecule has 0 spiro atoms. The molecule has 2 heterocycles. The fourth-order valence-electron chi connectivity index (χ4n) is 2.17. The minimum atomic E-state index is -0.590. The molecule has 3 rings (SSSR count). The molecule has 0 amide bonds. The van der Waals surface area contributed by atoms with Crippen LogP contribution in [0.4, 0.5) is 4.39 Å². The lowest BCUT2D eigenvalue weighted by Crippen LogP contribution is -2.09. The van der Waals surface area contributed by atoms with Crippen molar-refractivity contribution in [2.45, 2.75) is 25.4 Å². The van der Waals surface area contributed by atoms with Crippen molar-refractivity contribution >= 4 is 0 Å². The molecular formula is C13H13FN2O3. The summed E-state index contributed by atoms with van der Waals surface area (Å²) < 4.78 is 24.1. The lowest BCUT2D eigenvalue weighted by molar-refractivity contribution is 0.109. The van der Waals surface area contributed by atoms with E-state index in [9.17, 15) is 9.50 Å². The van der Waals surface area contributed by atoms with Crippen LogP contribution in [0.3, 0.4) is 0 Å². The Hall–Kier alpha value is -1.95. The van der Waals surface area contributed by atoms with Crippen LogP contribution in [-0.4, -0.2) is 28.0 Å². The first-order valence-corrected chi connectivity index (χ1v) is 6.16. The van der Waals surface area contributed by atoms with Crippen LogP contribution in [0.2, 0.25) is 0 Å². The van der Waals surface area contributed by atoms with Crippen LogP contribution in [0.25, 0.3) is 11.5 Å². The van der Waals surface area contributed by atoms with Gasteiger partial charge in [0.05, 0.1) is 6.10 Å². The Kier molecular flexibility index (Phi) is 3.16. The molecule has 19 heavy (non-hydrogen) atoms. The molecule has 6 heteroatoms. The molecule has 5 nitrogen and oxygen atoms in total. The second-order valence-electron chi connectivity index (χ2n) is 4.49. The van der Waals surface area contributed by atoms with E-state index >= 15 is 0 Å². The first-order valence-electron chi connectivity index (χ1n) is 6.16. The molecule has 2 aromatic rings. The van der Waals surface area contributed by atoms with Crippen molar-refractivity contribution in [2.75, 3.05) is 6.61 Å². The zero-order valence-corrected chi connectivity index (χ0v) is 10.2. The number of phenolic OH excluding ortho intramolecular Hbond substituents is 1. The summed E-state index contributed by atoms with van der Waals surface area (Å²) >= 11 is 0. The van der Waals surface area contributed by atoms with E-state index in [4.69, 9.17) is 9.26 Å². The maximum atomic E-state index is 13.6. The van der Waals surface area contributed by atoms with E-state index in [1.165, 1.54) is 18.2 Å². The Morgan fingerprint density at radius 3 is 3.05 bits per heavy atom. The van der Waals surface area contributed by atoms with Crippen LogP contribution < -0.4 is 0 Å². The number of aromatic hydroxyl groups is 1. The molecule has 1 unspecified atom stereocenters. The molecule has 0 saturated carbocycles. The summed E-state index contributed by atoms with van der Waals surface area (Å²) in [5, 5.41) is 13.4. The summed E-state index contributed by atoms with van der Waals surface area (Å²) in [6.45, 7) is 0.753. The number of rotatable bonds is 3. The number of hydrogen-bond acceptors (Lipinski definition) is 5. The highest BCUT2D eigenvalue weighted by atomic mass is 19.1. The smallest absolute Gasteiger partial charge is 0.264 e. The van der Waals surface area contributed by atoms with Crippen LogP contribution in [-0.2, 0) is 11.2 Å². The molecule has 0 aliphatic carbocycles. The highest BCUT2D eigenvalue weighted by molar-refractivity contribution is 5.62. The molecule has 1 aliphatic rings. The largest absolute Gasteiger partial charge is 0.507 e. The van der Waals surface area contributed by atoms with Gasteiger partial charge >= 0.3 is 0 Å². The molecule has 0 bridgehead atoms. The summed E-state index contributed by atoms with van der Waals surface area (Å²) in [5.74, 6) is -0.354. The third-order valence-corrected chi connectivity index (χ3v) is 3.11. The molecule has 1 aliphatic heterocycles. The van der Waals surface area contributed by atoms with Gasteiger partial charge in [0.2, 0.25) is 0 Å². The minimum Gasteiger partial charge on any atom is -0.507 e. The second kappa shape index (κ2) is 4.97. The first kappa shape index (κ1) is 12.1. The number of nitrogens with zero attached hydrogens (tertiary/aromatic N) is 2. The van der Waals surface area contributed by atoms with E-state index in [1.807, 2.05) is 0 Å². The molecule has 1 aromatic carbocycles. The predicted octanol–water partition coefficient (Wildman–Crippen LogP) is 2.30. The van der Waals surface area contributed by atoms with Gasteiger partial charge in [0, 0.05) is 13.0 Å². The van der Waals surface area contributed by atoms with Crippen molar-refractivity contribution in [3.63, 3.8) is 0 Å². The lowest BCUT2D eigenvalue weighted by Gasteiger charge is -2.04. The van der Waals surface area contributed by atoms with Gasteiger partial charge in [-0.05, 0) is 25.0 Å². The average Bonchev–Trinajstić information content (AvgIpc) is 3.02. The van der Waals surface area contributed by atoms with E-state index in [-0.39, 0.29) is 23.3 Å². The summed E-state index contributed by atoms with van der Waals surface area (Å²) in [4.78, 5) is 4.11. The Morgan fingerprint density at radius 1 is 1.42 bits per heavy atom. The summed E-state index contributed by atoms with van der Waals surface area (Å²) in [7, 11) is 0. The standard InChI is InChI=1S/C13H13FN2O3/c14-9-4-1-5-10(17)12(9)13-15-11(16-19-13)7-8-3-2-6-18-8/h1,4-5,8,17H,2-3,6-7H2. The van der Waals surface area contributed by atoms with Gasteiger partial charge in [-0.15, -0.1) is 0 Å². The van der Waals surface area contributed by atoms with E-state index < -0.39 is 5.82 Å². The van der Waals surface area contributed by atoms with Crippen molar-refractivity contribution in [3.05, 3.63) is 29.8 Å². The van der Waals surface area contributed by atoms with Crippen molar-refractivity contribution < 1.29 is 18.8 Å². The van der Waals surface area contributed by atoms with Gasteiger partial charge in [-0.25, -0.2) is 4.39 Å². The van der Waals surface area contributed by atoms with E-state index in [0.29, 0.717) is 12.2 Å². The van der Waals surface area contributed by atoms with Crippen LogP contribution in [0.15, 0.2) is 22.7 Å². The van der Waals surface area contributed by atoms with E-state index in [1.54, 1.807) is 0 Å². The predicted molar refractivity (Wildman–Crippen MR) is 64.0 cm³/mol. The number of phenols is 1. The maximum absolute atomic E-state index is 13.6. The van der Waals surface area contributed by atoms with Gasteiger partial charge in [0.25, 0.3) is 5.89 Å². The molecule has 1 saturated heterocycles. The topological polar surface area (TPSA) is 68.4 Å². The van der Waals surface area contributed by atoms with Crippen LogP contribution in [0.5, 0.6) is 5.75 Å².